The Labute approximate surface area is 144 Å². The van der Waals surface area contributed by atoms with Gasteiger partial charge in [0, 0.05) is 26.0 Å². The number of nitrogens with zero attached hydrogens (tertiary/aromatic N) is 2. The van der Waals surface area contributed by atoms with Crippen molar-refractivity contribution in [3.05, 3.63) is 53.9 Å². The normalized spacial score (nSPS) is 11.9. The zero-order valence-electron chi connectivity index (χ0n) is 14.6. The van der Waals surface area contributed by atoms with Gasteiger partial charge < -0.3 is 4.74 Å². The second-order valence-electron chi connectivity index (χ2n) is 6.00. The fourth-order valence-corrected chi connectivity index (χ4v) is 3.68. The highest BCUT2D eigenvalue weighted by Crippen LogP contribution is 2.30. The van der Waals surface area contributed by atoms with Crippen LogP contribution in [0.5, 0.6) is 5.75 Å². The van der Waals surface area contributed by atoms with Crippen LogP contribution < -0.4 is 4.74 Å². The molecule has 1 aromatic heterocycles. The molecule has 0 unspecified atom stereocenters. The van der Waals surface area contributed by atoms with E-state index >= 15 is 0 Å². The van der Waals surface area contributed by atoms with Crippen LogP contribution in [0.4, 0.5) is 0 Å². The summed E-state index contributed by atoms with van der Waals surface area (Å²) in [6.07, 6.45) is 4.04. The van der Waals surface area contributed by atoms with Crippen molar-refractivity contribution in [2.24, 2.45) is 0 Å². The number of aromatic nitrogens is 1. The summed E-state index contributed by atoms with van der Waals surface area (Å²) < 4.78 is 32.4. The molecule has 0 amide bonds. The third-order valence-corrected chi connectivity index (χ3v) is 5.90. The van der Waals surface area contributed by atoms with Gasteiger partial charge in [-0.15, -0.1) is 0 Å². The van der Waals surface area contributed by atoms with Gasteiger partial charge in [0.1, 0.15) is 10.6 Å². The molecule has 0 saturated carbocycles. The van der Waals surface area contributed by atoms with Crippen molar-refractivity contribution in [3.8, 4) is 5.75 Å². The van der Waals surface area contributed by atoms with Gasteiger partial charge in [-0.2, -0.15) is 0 Å². The SMILES string of the molecule is COc1cc(C(C)C)ccc1S(=O)(=O)N(C)CCc1ccncc1. The summed E-state index contributed by atoms with van der Waals surface area (Å²) in [4.78, 5) is 4.17. The lowest BCUT2D eigenvalue weighted by Crippen LogP contribution is -2.29. The Balaban J connectivity index is 2.22. The second kappa shape index (κ2) is 7.77. The lowest BCUT2D eigenvalue weighted by molar-refractivity contribution is 0.397. The minimum absolute atomic E-state index is 0.201. The number of ether oxygens (including phenoxy) is 1. The lowest BCUT2D eigenvalue weighted by atomic mass is 10.0. The fourth-order valence-electron chi connectivity index (χ4n) is 2.38. The summed E-state index contributed by atoms with van der Waals surface area (Å²) in [7, 11) is -0.517. The summed E-state index contributed by atoms with van der Waals surface area (Å²) in [6, 6.07) is 9.05. The van der Waals surface area contributed by atoms with Gasteiger partial charge in [-0.3, -0.25) is 4.98 Å². The Bertz CT molecular complexity index is 774. The van der Waals surface area contributed by atoms with E-state index in [-0.39, 0.29) is 4.90 Å². The second-order valence-corrected chi connectivity index (χ2v) is 8.01. The molecule has 130 valence electrons. The smallest absolute Gasteiger partial charge is 0.246 e. The van der Waals surface area contributed by atoms with E-state index in [4.69, 9.17) is 4.74 Å². The van der Waals surface area contributed by atoms with Crippen LogP contribution in [0.2, 0.25) is 0 Å². The van der Waals surface area contributed by atoms with Crippen LogP contribution in [0.25, 0.3) is 0 Å². The molecule has 0 aliphatic carbocycles. The third-order valence-electron chi connectivity index (χ3n) is 4.01. The number of pyridine rings is 1. The number of likely N-dealkylation sites (N-methyl/N-ethyl adjacent to an activating group) is 1. The Morgan fingerprint density at radius 2 is 1.83 bits per heavy atom. The molecule has 5 nitrogen and oxygen atoms in total. The monoisotopic (exact) mass is 348 g/mol. The molecule has 6 heteroatoms. The van der Waals surface area contributed by atoms with Crippen molar-refractivity contribution in [3.63, 3.8) is 0 Å². The van der Waals surface area contributed by atoms with Crippen molar-refractivity contribution >= 4 is 10.0 Å². The summed E-state index contributed by atoms with van der Waals surface area (Å²) in [5, 5.41) is 0. The van der Waals surface area contributed by atoms with Crippen molar-refractivity contribution in [1.29, 1.82) is 0 Å². The van der Waals surface area contributed by atoms with Crippen molar-refractivity contribution in [1.82, 2.24) is 9.29 Å². The molecule has 0 radical (unpaired) electrons. The van der Waals surface area contributed by atoms with Gasteiger partial charge >= 0.3 is 0 Å². The van der Waals surface area contributed by atoms with Gasteiger partial charge in [0.2, 0.25) is 10.0 Å². The van der Waals surface area contributed by atoms with E-state index in [9.17, 15) is 8.42 Å². The van der Waals surface area contributed by atoms with E-state index in [1.54, 1.807) is 31.6 Å². The number of hydrogen-bond donors (Lipinski definition) is 0. The van der Waals surface area contributed by atoms with Crippen molar-refractivity contribution < 1.29 is 13.2 Å². The van der Waals surface area contributed by atoms with E-state index in [1.165, 1.54) is 11.4 Å². The summed E-state index contributed by atoms with van der Waals surface area (Å²) in [6.45, 7) is 4.51. The number of hydrogen-bond acceptors (Lipinski definition) is 4. The Hall–Kier alpha value is -1.92. The van der Waals surface area contributed by atoms with Crippen LogP contribution in [-0.4, -0.2) is 38.4 Å². The molecule has 1 heterocycles. The highest BCUT2D eigenvalue weighted by molar-refractivity contribution is 7.89. The zero-order chi connectivity index (χ0) is 17.7. The standard InChI is InChI=1S/C18H24N2O3S/c1-14(2)16-5-6-18(17(13-16)23-4)24(21,22)20(3)12-9-15-7-10-19-11-8-15/h5-8,10-11,13-14H,9,12H2,1-4H3. The number of methoxy groups -OCH3 is 1. The summed E-state index contributed by atoms with van der Waals surface area (Å²) >= 11 is 0. The van der Waals surface area contributed by atoms with Crippen molar-refractivity contribution in [2.75, 3.05) is 20.7 Å². The fraction of sp³-hybridized carbons (Fsp3) is 0.389. The van der Waals surface area contributed by atoms with Crippen LogP contribution in [0.3, 0.4) is 0 Å². The number of rotatable bonds is 7. The van der Waals surface area contributed by atoms with Gasteiger partial charge in [0.25, 0.3) is 0 Å². The van der Waals surface area contributed by atoms with Gasteiger partial charge in [0.05, 0.1) is 7.11 Å². The topological polar surface area (TPSA) is 59.5 Å². The van der Waals surface area contributed by atoms with Gasteiger partial charge in [-0.25, -0.2) is 12.7 Å². The summed E-state index contributed by atoms with van der Waals surface area (Å²) in [5.41, 5.74) is 2.10. The molecule has 0 bridgehead atoms. The molecule has 0 saturated heterocycles. The first kappa shape index (κ1) is 18.4. The molecule has 0 aliphatic heterocycles. The molecular formula is C18H24N2O3S. The molecule has 0 N–H and O–H groups in total. The summed E-state index contributed by atoms with van der Waals surface area (Å²) in [5.74, 6) is 0.692. The quantitative estimate of drug-likeness (QED) is 0.771. The Kier molecular flexibility index (Phi) is 5.96. The average molecular weight is 348 g/mol. The highest BCUT2D eigenvalue weighted by Gasteiger charge is 2.25. The number of sulfonamides is 1. The first-order valence-electron chi connectivity index (χ1n) is 7.89. The minimum atomic E-state index is -3.60. The van der Waals surface area contributed by atoms with E-state index < -0.39 is 10.0 Å². The Morgan fingerprint density at radius 3 is 2.42 bits per heavy atom. The molecule has 1 aromatic carbocycles. The molecule has 0 atom stereocenters. The molecule has 2 rings (SSSR count). The molecular weight excluding hydrogens is 324 g/mol. The minimum Gasteiger partial charge on any atom is -0.495 e. The van der Waals surface area contributed by atoms with Gasteiger partial charge in [-0.05, 0) is 47.7 Å². The zero-order valence-corrected chi connectivity index (χ0v) is 15.4. The first-order chi connectivity index (χ1) is 11.4. The van der Waals surface area contributed by atoms with E-state index in [1.807, 2.05) is 18.2 Å². The first-order valence-corrected chi connectivity index (χ1v) is 9.33. The van der Waals surface area contributed by atoms with Crippen LogP contribution in [-0.2, 0) is 16.4 Å². The average Bonchev–Trinajstić information content (AvgIpc) is 2.59. The molecule has 0 aliphatic rings. The predicted molar refractivity (Wildman–Crippen MR) is 94.8 cm³/mol. The maximum absolute atomic E-state index is 12.8. The highest BCUT2D eigenvalue weighted by atomic mass is 32.2. The third kappa shape index (κ3) is 4.13. The molecule has 24 heavy (non-hydrogen) atoms. The van der Waals surface area contributed by atoms with Crippen LogP contribution >= 0.6 is 0 Å². The maximum atomic E-state index is 12.8. The van der Waals surface area contributed by atoms with Crippen molar-refractivity contribution in [2.45, 2.75) is 31.1 Å². The maximum Gasteiger partial charge on any atom is 0.246 e. The van der Waals surface area contributed by atoms with E-state index in [0.717, 1.165) is 11.1 Å². The van der Waals surface area contributed by atoms with Crippen LogP contribution in [0, 0.1) is 0 Å². The van der Waals surface area contributed by atoms with Gasteiger partial charge in [0.15, 0.2) is 0 Å². The number of benzene rings is 1. The Morgan fingerprint density at radius 1 is 1.17 bits per heavy atom. The molecule has 0 fully saturated rings. The predicted octanol–water partition coefficient (Wildman–Crippen LogP) is 3.08. The largest absolute Gasteiger partial charge is 0.495 e. The van der Waals surface area contributed by atoms with Crippen LogP contribution in [0.1, 0.15) is 30.9 Å². The molecule has 0 spiro atoms. The van der Waals surface area contributed by atoms with E-state index in [0.29, 0.717) is 24.6 Å². The van der Waals surface area contributed by atoms with E-state index in [2.05, 4.69) is 18.8 Å². The molecule has 2 aromatic rings. The lowest BCUT2D eigenvalue weighted by Gasteiger charge is -2.20. The van der Waals surface area contributed by atoms with Crippen LogP contribution in [0.15, 0.2) is 47.6 Å². The van der Waals surface area contributed by atoms with Gasteiger partial charge in [-0.1, -0.05) is 19.9 Å².